The summed E-state index contributed by atoms with van der Waals surface area (Å²) in [5, 5.41) is 0. The first-order chi connectivity index (χ1) is 15.0. The van der Waals surface area contributed by atoms with Gasteiger partial charge in [0.2, 0.25) is 5.43 Å². The number of benzene rings is 1. The van der Waals surface area contributed by atoms with Crippen molar-refractivity contribution in [2.24, 2.45) is 0 Å². The number of carbonyl (C=O) groups is 2. The van der Waals surface area contributed by atoms with Gasteiger partial charge in [-0.15, -0.1) is 0 Å². The number of Topliss-reactive ketones (excluding diaryl/α,β-unsaturated/α-hetero) is 1. The van der Waals surface area contributed by atoms with Crippen LogP contribution in [0.4, 0.5) is 0 Å². The molecular formula is C24H30N2O5. The third-order valence-corrected chi connectivity index (χ3v) is 5.51. The summed E-state index contributed by atoms with van der Waals surface area (Å²) in [4.78, 5) is 40.3. The smallest absolute Gasteiger partial charge is 0.274 e. The SMILES string of the molecule is CCCCOc1c2n(cc(C(C)=O)c1=O)[C@@H](Cc1ccccc1)CN(CCOC)C2=O. The zero-order chi connectivity index (χ0) is 22.4. The molecule has 0 saturated carbocycles. The van der Waals surface area contributed by atoms with Crippen molar-refractivity contribution in [3.63, 3.8) is 0 Å². The molecule has 0 spiro atoms. The van der Waals surface area contributed by atoms with Crippen molar-refractivity contribution in [1.29, 1.82) is 0 Å². The first-order valence-electron chi connectivity index (χ1n) is 10.7. The minimum atomic E-state index is -0.518. The molecule has 0 N–H and O–H groups in total. The maximum absolute atomic E-state index is 13.4. The molecule has 1 aliphatic rings. The molecule has 31 heavy (non-hydrogen) atoms. The van der Waals surface area contributed by atoms with Crippen LogP contribution >= 0.6 is 0 Å². The second kappa shape index (κ2) is 10.4. The summed E-state index contributed by atoms with van der Waals surface area (Å²) in [7, 11) is 1.59. The maximum atomic E-state index is 13.4. The minimum Gasteiger partial charge on any atom is -0.487 e. The van der Waals surface area contributed by atoms with E-state index in [1.54, 1.807) is 16.6 Å². The van der Waals surface area contributed by atoms with Crippen molar-refractivity contribution in [1.82, 2.24) is 9.47 Å². The number of carbonyl (C=O) groups excluding carboxylic acids is 2. The number of nitrogens with zero attached hydrogens (tertiary/aromatic N) is 2. The van der Waals surface area contributed by atoms with Crippen LogP contribution in [0.3, 0.4) is 0 Å². The van der Waals surface area contributed by atoms with E-state index in [1.807, 2.05) is 37.3 Å². The second-order valence-electron chi connectivity index (χ2n) is 7.80. The van der Waals surface area contributed by atoms with E-state index in [2.05, 4.69) is 0 Å². The number of aromatic nitrogens is 1. The van der Waals surface area contributed by atoms with E-state index in [1.165, 1.54) is 13.1 Å². The molecule has 1 aromatic carbocycles. The molecule has 2 heterocycles. The van der Waals surface area contributed by atoms with E-state index < -0.39 is 5.43 Å². The lowest BCUT2D eigenvalue weighted by Gasteiger charge is -2.37. The molecule has 1 aromatic heterocycles. The standard InChI is InChI=1S/C24H30N2O5/c1-4-5-12-31-23-21-24(29)25(11-13-30-3)15-19(14-18-9-7-6-8-10-18)26(21)16-20(17(2)27)22(23)28/h6-10,16,19H,4-5,11-15H2,1-3H3/t19-/m0/s1. The molecule has 1 aliphatic heterocycles. The number of hydrogen-bond acceptors (Lipinski definition) is 5. The largest absolute Gasteiger partial charge is 0.487 e. The van der Waals surface area contributed by atoms with Crippen LogP contribution in [-0.4, -0.2) is 54.6 Å². The Balaban J connectivity index is 2.13. The molecule has 2 aromatic rings. The van der Waals surface area contributed by atoms with Gasteiger partial charge in [0.15, 0.2) is 17.2 Å². The molecule has 7 heteroatoms. The fourth-order valence-corrected chi connectivity index (χ4v) is 3.83. The number of ether oxygens (including phenoxy) is 2. The Morgan fingerprint density at radius 2 is 1.90 bits per heavy atom. The lowest BCUT2D eigenvalue weighted by atomic mass is 10.0. The van der Waals surface area contributed by atoms with Gasteiger partial charge in [0, 0.05) is 26.4 Å². The summed E-state index contributed by atoms with van der Waals surface area (Å²) in [5.74, 6) is -0.639. The highest BCUT2D eigenvalue weighted by molar-refractivity contribution is 5.99. The quantitative estimate of drug-likeness (QED) is 0.431. The highest BCUT2D eigenvalue weighted by atomic mass is 16.5. The van der Waals surface area contributed by atoms with E-state index in [-0.39, 0.29) is 34.7 Å². The number of fused-ring (bicyclic) bond motifs is 1. The van der Waals surface area contributed by atoms with Gasteiger partial charge in [0.05, 0.1) is 24.8 Å². The van der Waals surface area contributed by atoms with Gasteiger partial charge in [-0.3, -0.25) is 14.4 Å². The topological polar surface area (TPSA) is 77.8 Å². The third-order valence-electron chi connectivity index (χ3n) is 5.51. The predicted octanol–water partition coefficient (Wildman–Crippen LogP) is 3.12. The molecule has 0 fully saturated rings. The van der Waals surface area contributed by atoms with E-state index in [9.17, 15) is 14.4 Å². The monoisotopic (exact) mass is 426 g/mol. The van der Waals surface area contributed by atoms with Crippen LogP contribution < -0.4 is 10.2 Å². The number of amides is 1. The summed E-state index contributed by atoms with van der Waals surface area (Å²) in [5.41, 5.74) is 0.854. The average molecular weight is 427 g/mol. The number of methoxy groups -OCH3 is 1. The van der Waals surface area contributed by atoms with E-state index >= 15 is 0 Å². The number of rotatable bonds is 10. The van der Waals surface area contributed by atoms with Gasteiger partial charge in [-0.05, 0) is 25.3 Å². The zero-order valence-electron chi connectivity index (χ0n) is 18.4. The Labute approximate surface area is 182 Å². The highest BCUT2D eigenvalue weighted by Crippen LogP contribution is 2.29. The average Bonchev–Trinajstić information content (AvgIpc) is 2.76. The van der Waals surface area contributed by atoms with Gasteiger partial charge < -0.3 is 18.9 Å². The van der Waals surface area contributed by atoms with Crippen LogP contribution in [0.25, 0.3) is 0 Å². The van der Waals surface area contributed by atoms with E-state index in [0.29, 0.717) is 32.7 Å². The highest BCUT2D eigenvalue weighted by Gasteiger charge is 2.35. The first kappa shape index (κ1) is 22.7. The lowest BCUT2D eigenvalue weighted by molar-refractivity contribution is 0.0588. The van der Waals surface area contributed by atoms with Gasteiger partial charge in [0.1, 0.15) is 0 Å². The van der Waals surface area contributed by atoms with E-state index in [0.717, 1.165) is 18.4 Å². The molecule has 3 rings (SSSR count). The summed E-state index contributed by atoms with van der Waals surface area (Å²) in [6, 6.07) is 9.82. The number of pyridine rings is 1. The lowest BCUT2D eigenvalue weighted by Crippen LogP contribution is -2.47. The Bertz CT molecular complexity index is 983. The van der Waals surface area contributed by atoms with Gasteiger partial charge >= 0.3 is 0 Å². The van der Waals surface area contributed by atoms with Crippen LogP contribution in [0.5, 0.6) is 5.75 Å². The van der Waals surface area contributed by atoms with Crippen molar-refractivity contribution in [3.8, 4) is 5.75 Å². The molecule has 0 radical (unpaired) electrons. The molecule has 0 aliphatic carbocycles. The Kier molecular flexibility index (Phi) is 7.63. The van der Waals surface area contributed by atoms with Gasteiger partial charge in [-0.2, -0.15) is 0 Å². The minimum absolute atomic E-state index is 0.0219. The van der Waals surface area contributed by atoms with Crippen LogP contribution in [0.2, 0.25) is 0 Å². The number of hydrogen-bond donors (Lipinski definition) is 0. The molecule has 166 valence electrons. The Morgan fingerprint density at radius 1 is 1.16 bits per heavy atom. The number of ketones is 1. The summed E-state index contributed by atoms with van der Waals surface area (Å²) >= 11 is 0. The van der Waals surface area contributed by atoms with Crippen molar-refractivity contribution < 1.29 is 19.1 Å². The molecule has 1 atom stereocenters. The van der Waals surface area contributed by atoms with Crippen LogP contribution in [-0.2, 0) is 11.2 Å². The fourth-order valence-electron chi connectivity index (χ4n) is 3.83. The maximum Gasteiger partial charge on any atom is 0.274 e. The summed E-state index contributed by atoms with van der Waals surface area (Å²) < 4.78 is 12.8. The van der Waals surface area contributed by atoms with Crippen molar-refractivity contribution in [2.45, 2.75) is 39.2 Å². The predicted molar refractivity (Wildman–Crippen MR) is 118 cm³/mol. The molecule has 0 bridgehead atoms. The number of unbranched alkanes of at least 4 members (excludes halogenated alkanes) is 1. The van der Waals surface area contributed by atoms with E-state index in [4.69, 9.17) is 9.47 Å². The van der Waals surface area contributed by atoms with Crippen molar-refractivity contribution in [3.05, 3.63) is 63.6 Å². The summed E-state index contributed by atoms with van der Waals surface area (Å²) in [6.07, 6.45) is 3.82. The second-order valence-corrected chi connectivity index (χ2v) is 7.80. The fraction of sp³-hybridized carbons (Fsp3) is 0.458. The molecular weight excluding hydrogens is 396 g/mol. The van der Waals surface area contributed by atoms with Crippen molar-refractivity contribution in [2.75, 3.05) is 33.4 Å². The van der Waals surface area contributed by atoms with Crippen LogP contribution in [0, 0.1) is 0 Å². The third kappa shape index (κ3) is 5.05. The van der Waals surface area contributed by atoms with Crippen LogP contribution in [0.15, 0.2) is 41.3 Å². The molecule has 1 amide bonds. The molecule has 7 nitrogen and oxygen atoms in total. The Morgan fingerprint density at radius 3 is 2.55 bits per heavy atom. The van der Waals surface area contributed by atoms with Crippen LogP contribution in [0.1, 0.15) is 59.1 Å². The molecule has 0 unspecified atom stereocenters. The first-order valence-corrected chi connectivity index (χ1v) is 10.7. The van der Waals surface area contributed by atoms with Crippen molar-refractivity contribution >= 4 is 11.7 Å². The van der Waals surface area contributed by atoms with Gasteiger partial charge in [0.25, 0.3) is 5.91 Å². The van der Waals surface area contributed by atoms with Gasteiger partial charge in [-0.1, -0.05) is 43.7 Å². The normalized spacial score (nSPS) is 15.6. The zero-order valence-corrected chi connectivity index (χ0v) is 18.4. The summed E-state index contributed by atoms with van der Waals surface area (Å²) in [6.45, 7) is 4.96. The molecule has 0 saturated heterocycles. The van der Waals surface area contributed by atoms with Gasteiger partial charge in [-0.25, -0.2) is 0 Å². The Hall–Kier alpha value is -2.93.